The molecule has 3 amide bonds. The lowest BCUT2D eigenvalue weighted by molar-refractivity contribution is -0.138. The van der Waals surface area contributed by atoms with Crippen LogP contribution in [0.2, 0.25) is 0 Å². The standard InChI is InChI=1S/C26H36N8O3/c1-16-12-32(23(35)26(2,3)28)10-11-33(16)24(36)29-21-8-9-34(25(37)30-21)18-6-4-17(5-7-18)13-31-14-19-20(15-31)22(19)27/h4-9,16,19-20,22H,10-15,27-28H2,1-3H3,(H,29,30,36,37)/t16-,19?,20?,22?/m1/s1. The minimum absolute atomic E-state index is 0.144. The largest absolute Gasteiger partial charge is 0.354 e. The monoisotopic (exact) mass is 508 g/mol. The van der Waals surface area contributed by atoms with E-state index < -0.39 is 11.2 Å². The van der Waals surface area contributed by atoms with E-state index in [1.165, 1.54) is 10.1 Å². The van der Waals surface area contributed by atoms with Crippen LogP contribution in [0.4, 0.5) is 10.6 Å². The second-order valence-electron chi connectivity index (χ2n) is 11.2. The van der Waals surface area contributed by atoms with Crippen LogP contribution in [0.3, 0.4) is 0 Å². The molecule has 11 nitrogen and oxygen atoms in total. The molecule has 3 fully saturated rings. The summed E-state index contributed by atoms with van der Waals surface area (Å²) in [6.07, 6.45) is 1.61. The van der Waals surface area contributed by atoms with Crippen molar-refractivity contribution in [2.75, 3.05) is 38.0 Å². The van der Waals surface area contributed by atoms with Gasteiger partial charge in [-0.05, 0) is 56.4 Å². The summed E-state index contributed by atoms with van der Waals surface area (Å²) in [6, 6.07) is 9.29. The van der Waals surface area contributed by atoms with E-state index in [2.05, 4.69) is 15.2 Å². The molecule has 2 saturated heterocycles. The molecule has 1 aromatic heterocycles. The van der Waals surface area contributed by atoms with Crippen molar-refractivity contribution in [1.29, 1.82) is 0 Å². The number of piperazine rings is 1. The molecule has 3 atom stereocenters. The molecule has 0 spiro atoms. The lowest BCUT2D eigenvalue weighted by atomic mass is 10.0. The number of urea groups is 1. The fourth-order valence-corrected chi connectivity index (χ4v) is 5.51. The second kappa shape index (κ2) is 9.55. The van der Waals surface area contributed by atoms with Gasteiger partial charge in [0, 0.05) is 57.5 Å². The van der Waals surface area contributed by atoms with Gasteiger partial charge in [-0.25, -0.2) is 9.59 Å². The van der Waals surface area contributed by atoms with Gasteiger partial charge in [-0.15, -0.1) is 0 Å². The highest BCUT2D eigenvalue weighted by atomic mass is 16.2. The van der Waals surface area contributed by atoms with E-state index in [0.717, 1.165) is 19.6 Å². The van der Waals surface area contributed by atoms with Gasteiger partial charge >= 0.3 is 11.7 Å². The average Bonchev–Trinajstić information content (AvgIpc) is 3.23. The Bertz CT molecular complexity index is 1230. The van der Waals surface area contributed by atoms with Gasteiger partial charge in [0.25, 0.3) is 0 Å². The molecule has 0 bridgehead atoms. The molecule has 3 aliphatic rings. The van der Waals surface area contributed by atoms with Crippen LogP contribution in [0.25, 0.3) is 5.69 Å². The van der Waals surface area contributed by atoms with Crippen LogP contribution in [-0.4, -0.2) is 86.5 Å². The Morgan fingerprint density at radius 2 is 1.76 bits per heavy atom. The van der Waals surface area contributed by atoms with E-state index in [0.29, 0.717) is 43.2 Å². The van der Waals surface area contributed by atoms with E-state index in [-0.39, 0.29) is 23.8 Å². The Kier molecular flexibility index (Phi) is 6.55. The first-order valence-electron chi connectivity index (χ1n) is 12.8. The molecule has 11 heteroatoms. The van der Waals surface area contributed by atoms with Crippen molar-refractivity contribution in [2.24, 2.45) is 23.3 Å². The second-order valence-corrected chi connectivity index (χ2v) is 11.2. The van der Waals surface area contributed by atoms with Crippen molar-refractivity contribution in [3.8, 4) is 5.69 Å². The number of hydrogen-bond donors (Lipinski definition) is 3. The van der Waals surface area contributed by atoms with Gasteiger partial charge in [-0.2, -0.15) is 4.98 Å². The summed E-state index contributed by atoms with van der Waals surface area (Å²) in [6.45, 7) is 9.37. The van der Waals surface area contributed by atoms with Gasteiger partial charge in [0.15, 0.2) is 0 Å². The van der Waals surface area contributed by atoms with E-state index in [1.807, 2.05) is 31.2 Å². The molecule has 198 valence electrons. The average molecular weight is 509 g/mol. The minimum atomic E-state index is -0.957. The predicted molar refractivity (Wildman–Crippen MR) is 140 cm³/mol. The van der Waals surface area contributed by atoms with Gasteiger partial charge < -0.3 is 21.3 Å². The topological polar surface area (TPSA) is 143 Å². The number of amides is 3. The number of nitrogens with two attached hydrogens (primary N) is 2. The van der Waals surface area contributed by atoms with Gasteiger partial charge in [0.05, 0.1) is 11.2 Å². The quantitative estimate of drug-likeness (QED) is 0.531. The van der Waals surface area contributed by atoms with E-state index >= 15 is 0 Å². The number of piperidine rings is 1. The summed E-state index contributed by atoms with van der Waals surface area (Å²) in [5, 5.41) is 2.72. The fraction of sp³-hybridized carbons (Fsp3) is 0.538. The molecule has 1 aromatic carbocycles. The molecule has 1 aliphatic carbocycles. The molecule has 0 radical (unpaired) electrons. The Labute approximate surface area is 216 Å². The van der Waals surface area contributed by atoms with Crippen molar-refractivity contribution in [3.05, 3.63) is 52.6 Å². The Morgan fingerprint density at radius 3 is 2.35 bits per heavy atom. The fourth-order valence-electron chi connectivity index (χ4n) is 5.51. The van der Waals surface area contributed by atoms with Crippen LogP contribution in [0.1, 0.15) is 26.3 Å². The van der Waals surface area contributed by atoms with E-state index in [4.69, 9.17) is 11.5 Å². The Hall–Kier alpha value is -3.28. The molecule has 2 aromatic rings. The van der Waals surface area contributed by atoms with Gasteiger partial charge in [-0.1, -0.05) is 12.1 Å². The van der Waals surface area contributed by atoms with E-state index in [1.54, 1.807) is 35.9 Å². The minimum Gasteiger partial charge on any atom is -0.337 e. The van der Waals surface area contributed by atoms with Gasteiger partial charge in [0.2, 0.25) is 5.91 Å². The lowest BCUT2D eigenvalue weighted by Gasteiger charge is -2.41. The Balaban J connectivity index is 1.17. The third kappa shape index (κ3) is 5.25. The third-order valence-electron chi connectivity index (χ3n) is 7.72. The smallest absolute Gasteiger partial charge is 0.337 e. The Morgan fingerprint density at radius 1 is 1.08 bits per heavy atom. The van der Waals surface area contributed by atoms with Crippen LogP contribution < -0.4 is 22.5 Å². The van der Waals surface area contributed by atoms with Crippen molar-refractivity contribution < 1.29 is 9.59 Å². The SMILES string of the molecule is C[C@@H]1CN(C(=O)C(C)(C)N)CCN1C(=O)Nc1ccn(-c2ccc(CN3CC4C(N)C4C3)cc2)c(=O)n1. The molecule has 2 aliphatic heterocycles. The number of rotatable bonds is 5. The molecular weight excluding hydrogens is 472 g/mol. The predicted octanol–water partition coefficient (Wildman–Crippen LogP) is 0.423. The van der Waals surface area contributed by atoms with Gasteiger partial charge in [-0.3, -0.25) is 19.6 Å². The number of nitrogens with zero attached hydrogens (tertiary/aromatic N) is 5. The third-order valence-corrected chi connectivity index (χ3v) is 7.72. The highest BCUT2D eigenvalue weighted by Crippen LogP contribution is 2.44. The summed E-state index contributed by atoms with van der Waals surface area (Å²) in [4.78, 5) is 47.9. The summed E-state index contributed by atoms with van der Waals surface area (Å²) in [5.41, 5.74) is 12.4. The zero-order chi connectivity index (χ0) is 26.5. The van der Waals surface area contributed by atoms with Crippen LogP contribution in [0.15, 0.2) is 41.3 Å². The first-order chi connectivity index (χ1) is 17.5. The number of likely N-dealkylation sites (tertiary alicyclic amines) is 1. The van der Waals surface area contributed by atoms with Crippen LogP contribution in [-0.2, 0) is 11.3 Å². The number of benzene rings is 1. The zero-order valence-corrected chi connectivity index (χ0v) is 21.6. The van der Waals surface area contributed by atoms with E-state index in [9.17, 15) is 14.4 Å². The van der Waals surface area contributed by atoms with Crippen LogP contribution >= 0.6 is 0 Å². The summed E-state index contributed by atoms with van der Waals surface area (Å²) in [7, 11) is 0. The number of carbonyl (C=O) groups is 2. The van der Waals surface area contributed by atoms with Crippen molar-refractivity contribution >= 4 is 17.8 Å². The van der Waals surface area contributed by atoms with Crippen molar-refractivity contribution in [3.63, 3.8) is 0 Å². The molecule has 37 heavy (non-hydrogen) atoms. The molecule has 3 heterocycles. The summed E-state index contributed by atoms with van der Waals surface area (Å²) in [5.74, 6) is 1.35. The van der Waals surface area contributed by atoms with Gasteiger partial charge in [0.1, 0.15) is 5.82 Å². The number of aromatic nitrogens is 2. The van der Waals surface area contributed by atoms with Crippen LogP contribution in [0, 0.1) is 11.8 Å². The van der Waals surface area contributed by atoms with Crippen molar-refractivity contribution in [1.82, 2.24) is 24.3 Å². The molecule has 5 rings (SSSR count). The number of nitrogens with one attached hydrogen (secondary N) is 1. The summed E-state index contributed by atoms with van der Waals surface area (Å²) >= 11 is 0. The number of anilines is 1. The van der Waals surface area contributed by atoms with Crippen molar-refractivity contribution in [2.45, 2.75) is 44.9 Å². The molecule has 5 N–H and O–H groups in total. The first kappa shape index (κ1) is 25.4. The maximum atomic E-state index is 12.9. The molecule has 1 saturated carbocycles. The lowest BCUT2D eigenvalue weighted by Crippen LogP contribution is -2.61. The number of fused-ring (bicyclic) bond motifs is 1. The normalized spacial score (nSPS) is 25.6. The number of hydrogen-bond acceptors (Lipinski definition) is 7. The zero-order valence-electron chi connectivity index (χ0n) is 21.6. The van der Waals surface area contributed by atoms with Crippen LogP contribution in [0.5, 0.6) is 0 Å². The first-order valence-corrected chi connectivity index (χ1v) is 12.8. The highest BCUT2D eigenvalue weighted by molar-refractivity contribution is 5.89. The maximum absolute atomic E-state index is 12.9. The highest BCUT2D eigenvalue weighted by Gasteiger charge is 2.53. The summed E-state index contributed by atoms with van der Waals surface area (Å²) < 4.78 is 1.45. The molecule has 2 unspecified atom stereocenters. The number of carbonyl (C=O) groups excluding carboxylic acids is 2. The molecular formula is C26H36N8O3. The maximum Gasteiger partial charge on any atom is 0.354 e.